The number of likely N-dealkylation sites (N-methyl/N-ethyl adjacent to an activating group) is 1. The third kappa shape index (κ3) is 2.97. The lowest BCUT2D eigenvalue weighted by Crippen LogP contribution is -2.56. The molecule has 2 fully saturated rings. The van der Waals surface area contributed by atoms with Gasteiger partial charge in [0.2, 0.25) is 5.91 Å². The van der Waals surface area contributed by atoms with Crippen molar-refractivity contribution >= 4 is 23.8 Å². The maximum atomic E-state index is 12.1. The lowest BCUT2D eigenvalue weighted by molar-refractivity contribution is -0.147. The fourth-order valence-corrected chi connectivity index (χ4v) is 2.55. The van der Waals surface area contributed by atoms with E-state index in [1.165, 1.54) is 7.05 Å². The largest absolute Gasteiger partial charge is 0.480 e. The van der Waals surface area contributed by atoms with E-state index in [4.69, 9.17) is 5.11 Å². The maximum absolute atomic E-state index is 12.1. The van der Waals surface area contributed by atoms with Gasteiger partial charge in [-0.1, -0.05) is 0 Å². The van der Waals surface area contributed by atoms with Crippen molar-refractivity contribution in [2.45, 2.75) is 37.5 Å². The fraction of sp³-hybridized carbons (Fsp3) is 0.667. The van der Waals surface area contributed by atoms with Gasteiger partial charge >= 0.3 is 12.0 Å². The van der Waals surface area contributed by atoms with Gasteiger partial charge in [0.25, 0.3) is 5.91 Å². The number of carboxylic acids is 1. The molecule has 116 valence electrons. The molecule has 4 amide bonds. The molecule has 0 spiro atoms. The van der Waals surface area contributed by atoms with Crippen molar-refractivity contribution in [3.8, 4) is 0 Å². The van der Waals surface area contributed by atoms with Crippen molar-refractivity contribution in [1.29, 1.82) is 0 Å². The van der Waals surface area contributed by atoms with Crippen LogP contribution in [0.25, 0.3) is 0 Å². The topological polar surface area (TPSA) is 127 Å². The summed E-state index contributed by atoms with van der Waals surface area (Å²) in [5.74, 6) is -2.04. The number of likely N-dealkylation sites (tertiary alicyclic amines) is 2. The van der Waals surface area contributed by atoms with Gasteiger partial charge in [-0.15, -0.1) is 0 Å². The van der Waals surface area contributed by atoms with E-state index < -0.39 is 36.1 Å². The van der Waals surface area contributed by atoms with E-state index in [9.17, 15) is 24.3 Å². The number of aliphatic hydroxyl groups excluding tert-OH is 1. The summed E-state index contributed by atoms with van der Waals surface area (Å²) in [5, 5.41) is 21.0. The molecule has 0 radical (unpaired) electrons. The van der Waals surface area contributed by atoms with Crippen molar-refractivity contribution in [2.75, 3.05) is 13.6 Å². The number of nitrogens with zero attached hydrogens (tertiary/aromatic N) is 2. The number of urea groups is 1. The van der Waals surface area contributed by atoms with Gasteiger partial charge in [0.05, 0.1) is 6.10 Å². The standard InChI is InChI=1S/C12H17N3O6/c1-14-9(17)3-2-7(10(14)18)13-12(21)15-5-6(16)4-8(15)11(19)20/h6-8,16H,2-5H2,1H3,(H,13,21)(H,19,20)/t6?,7?,8-/m0/s1. The molecule has 0 aromatic carbocycles. The monoisotopic (exact) mass is 299 g/mol. The van der Waals surface area contributed by atoms with Crippen molar-refractivity contribution in [2.24, 2.45) is 0 Å². The van der Waals surface area contributed by atoms with E-state index in [0.717, 1.165) is 9.80 Å². The van der Waals surface area contributed by atoms with E-state index >= 15 is 0 Å². The number of imide groups is 1. The van der Waals surface area contributed by atoms with Gasteiger partial charge in [-0.05, 0) is 6.42 Å². The van der Waals surface area contributed by atoms with Gasteiger partial charge in [-0.25, -0.2) is 9.59 Å². The average molecular weight is 299 g/mol. The number of piperidine rings is 1. The molecule has 9 nitrogen and oxygen atoms in total. The second kappa shape index (κ2) is 5.68. The van der Waals surface area contributed by atoms with Crippen molar-refractivity contribution in [3.05, 3.63) is 0 Å². The minimum absolute atomic E-state index is 0.0419. The predicted molar refractivity (Wildman–Crippen MR) is 68.1 cm³/mol. The molecule has 2 saturated heterocycles. The number of β-amino-alcohol motifs (C(OH)–C–C–N with tert-alkyl or cyclic N) is 1. The first-order valence-corrected chi connectivity index (χ1v) is 6.59. The number of aliphatic hydroxyl groups is 1. The number of hydrogen-bond donors (Lipinski definition) is 3. The van der Waals surface area contributed by atoms with Crippen LogP contribution in [0.15, 0.2) is 0 Å². The molecule has 0 bridgehead atoms. The van der Waals surface area contributed by atoms with Crippen molar-refractivity contribution in [3.63, 3.8) is 0 Å². The molecule has 21 heavy (non-hydrogen) atoms. The van der Waals surface area contributed by atoms with Crippen LogP contribution in [0.4, 0.5) is 4.79 Å². The first-order valence-electron chi connectivity index (χ1n) is 6.59. The predicted octanol–water partition coefficient (Wildman–Crippen LogP) is -1.64. The molecule has 2 aliphatic rings. The summed E-state index contributed by atoms with van der Waals surface area (Å²) >= 11 is 0. The van der Waals surface area contributed by atoms with E-state index in [1.54, 1.807) is 0 Å². The highest BCUT2D eigenvalue weighted by atomic mass is 16.4. The zero-order valence-corrected chi connectivity index (χ0v) is 11.5. The Morgan fingerprint density at radius 3 is 2.62 bits per heavy atom. The second-order valence-corrected chi connectivity index (χ2v) is 5.23. The molecule has 2 unspecified atom stereocenters. The van der Waals surface area contributed by atoms with Crippen LogP contribution in [0.1, 0.15) is 19.3 Å². The zero-order chi connectivity index (χ0) is 15.7. The first kappa shape index (κ1) is 15.2. The third-order valence-corrected chi connectivity index (χ3v) is 3.77. The van der Waals surface area contributed by atoms with Crippen LogP contribution in [0.3, 0.4) is 0 Å². The van der Waals surface area contributed by atoms with Gasteiger partial charge in [0, 0.05) is 26.4 Å². The van der Waals surface area contributed by atoms with Gasteiger partial charge in [-0.3, -0.25) is 14.5 Å². The molecule has 0 aliphatic carbocycles. The number of rotatable bonds is 2. The normalized spacial score (nSPS) is 29.7. The molecule has 2 heterocycles. The SMILES string of the molecule is CN1C(=O)CCC(NC(=O)N2CC(O)C[C@H]2C(=O)O)C1=O. The molecular weight excluding hydrogens is 282 g/mol. The Morgan fingerprint density at radius 2 is 2.00 bits per heavy atom. The number of hydrogen-bond acceptors (Lipinski definition) is 5. The van der Waals surface area contributed by atoms with Crippen LogP contribution >= 0.6 is 0 Å². The molecule has 3 atom stereocenters. The summed E-state index contributed by atoms with van der Waals surface area (Å²) in [6.07, 6.45) is -0.622. The quantitative estimate of drug-likeness (QED) is 0.525. The molecule has 2 rings (SSSR count). The van der Waals surface area contributed by atoms with E-state index in [2.05, 4.69) is 5.32 Å². The van der Waals surface area contributed by atoms with Gasteiger partial charge in [0.15, 0.2) is 0 Å². The van der Waals surface area contributed by atoms with Crippen LogP contribution in [-0.2, 0) is 14.4 Å². The van der Waals surface area contributed by atoms with E-state index in [-0.39, 0.29) is 31.7 Å². The summed E-state index contributed by atoms with van der Waals surface area (Å²) in [5.41, 5.74) is 0. The van der Waals surface area contributed by atoms with Crippen LogP contribution in [0.5, 0.6) is 0 Å². The van der Waals surface area contributed by atoms with Crippen LogP contribution in [0.2, 0.25) is 0 Å². The Balaban J connectivity index is 2.02. The first-order chi connectivity index (χ1) is 9.81. The highest BCUT2D eigenvalue weighted by molar-refractivity contribution is 6.01. The Kier molecular flexibility index (Phi) is 4.12. The molecule has 0 aromatic heterocycles. The van der Waals surface area contributed by atoms with Crippen LogP contribution < -0.4 is 5.32 Å². The Hall–Kier alpha value is -2.16. The molecule has 2 aliphatic heterocycles. The summed E-state index contributed by atoms with van der Waals surface area (Å²) in [4.78, 5) is 48.3. The third-order valence-electron chi connectivity index (χ3n) is 3.77. The molecular formula is C12H17N3O6. The number of carbonyl (C=O) groups is 4. The second-order valence-electron chi connectivity index (χ2n) is 5.23. The fourth-order valence-electron chi connectivity index (χ4n) is 2.55. The van der Waals surface area contributed by atoms with Gasteiger partial charge < -0.3 is 20.4 Å². The molecule has 3 N–H and O–H groups in total. The van der Waals surface area contributed by atoms with E-state index in [1.807, 2.05) is 0 Å². The van der Waals surface area contributed by atoms with Gasteiger partial charge in [0.1, 0.15) is 12.1 Å². The summed E-state index contributed by atoms with van der Waals surface area (Å²) in [6.45, 7) is -0.0987. The zero-order valence-electron chi connectivity index (χ0n) is 11.5. The van der Waals surface area contributed by atoms with Crippen molar-refractivity contribution < 1.29 is 29.4 Å². The highest BCUT2D eigenvalue weighted by Gasteiger charge is 2.41. The maximum Gasteiger partial charge on any atom is 0.326 e. The average Bonchev–Trinajstić information content (AvgIpc) is 2.82. The molecule has 0 aromatic rings. The number of amides is 4. The number of carboxylic acid groups (broad SMARTS) is 1. The number of carbonyl (C=O) groups excluding carboxylic acids is 3. The van der Waals surface area contributed by atoms with Gasteiger partial charge in [-0.2, -0.15) is 0 Å². The lowest BCUT2D eigenvalue weighted by Gasteiger charge is -2.30. The molecule has 0 saturated carbocycles. The summed E-state index contributed by atoms with van der Waals surface area (Å²) in [6, 6.07) is -2.69. The number of aliphatic carboxylic acids is 1. The Bertz CT molecular complexity index is 493. The highest BCUT2D eigenvalue weighted by Crippen LogP contribution is 2.19. The smallest absolute Gasteiger partial charge is 0.326 e. The minimum atomic E-state index is -1.20. The number of nitrogens with one attached hydrogen (secondary N) is 1. The minimum Gasteiger partial charge on any atom is -0.480 e. The lowest BCUT2D eigenvalue weighted by atomic mass is 10.1. The summed E-state index contributed by atoms with van der Waals surface area (Å²) < 4.78 is 0. The Morgan fingerprint density at radius 1 is 1.33 bits per heavy atom. The summed E-state index contributed by atoms with van der Waals surface area (Å²) in [7, 11) is 1.34. The van der Waals surface area contributed by atoms with E-state index in [0.29, 0.717) is 0 Å². The van der Waals surface area contributed by atoms with Crippen molar-refractivity contribution in [1.82, 2.24) is 15.1 Å². The van der Waals surface area contributed by atoms with Crippen LogP contribution in [-0.4, -0.2) is 75.6 Å². The molecule has 9 heteroatoms. The Labute approximate surface area is 120 Å². The van der Waals surface area contributed by atoms with Crippen LogP contribution in [0, 0.1) is 0 Å².